The SMILES string of the molecule is C=C(C)COc1ccc(C2CCNC2)cc1Br. The van der Waals surface area contributed by atoms with Crippen molar-refractivity contribution in [1.82, 2.24) is 5.32 Å². The second kappa shape index (κ2) is 5.69. The minimum atomic E-state index is 0.572. The van der Waals surface area contributed by atoms with Crippen LogP contribution >= 0.6 is 15.9 Å². The molecule has 0 amide bonds. The zero-order valence-electron chi connectivity index (χ0n) is 10.1. The Labute approximate surface area is 111 Å². The van der Waals surface area contributed by atoms with Crippen LogP contribution < -0.4 is 10.1 Å². The van der Waals surface area contributed by atoms with E-state index in [9.17, 15) is 0 Å². The largest absolute Gasteiger partial charge is 0.488 e. The summed E-state index contributed by atoms with van der Waals surface area (Å²) in [6.45, 7) is 8.57. The first-order valence-corrected chi connectivity index (χ1v) is 6.73. The normalized spacial score (nSPS) is 19.3. The van der Waals surface area contributed by atoms with Crippen molar-refractivity contribution in [3.63, 3.8) is 0 Å². The van der Waals surface area contributed by atoms with Crippen molar-refractivity contribution in [3.8, 4) is 5.75 Å². The van der Waals surface area contributed by atoms with E-state index in [1.807, 2.05) is 13.0 Å². The molecule has 2 rings (SSSR count). The molecule has 92 valence electrons. The average Bonchev–Trinajstić information content (AvgIpc) is 2.80. The quantitative estimate of drug-likeness (QED) is 0.859. The van der Waals surface area contributed by atoms with Crippen molar-refractivity contribution in [2.75, 3.05) is 19.7 Å². The summed E-state index contributed by atoms with van der Waals surface area (Å²) < 4.78 is 6.68. The van der Waals surface area contributed by atoms with Gasteiger partial charge in [0.1, 0.15) is 12.4 Å². The van der Waals surface area contributed by atoms with E-state index in [0.29, 0.717) is 12.5 Å². The van der Waals surface area contributed by atoms with E-state index in [1.54, 1.807) is 0 Å². The maximum absolute atomic E-state index is 5.65. The molecule has 3 heteroatoms. The van der Waals surface area contributed by atoms with Gasteiger partial charge in [0, 0.05) is 6.54 Å². The summed E-state index contributed by atoms with van der Waals surface area (Å²) in [4.78, 5) is 0. The summed E-state index contributed by atoms with van der Waals surface area (Å²) >= 11 is 3.57. The van der Waals surface area contributed by atoms with Gasteiger partial charge in [-0.3, -0.25) is 0 Å². The lowest BCUT2D eigenvalue weighted by Crippen LogP contribution is -2.08. The average molecular weight is 296 g/mol. The monoisotopic (exact) mass is 295 g/mol. The minimum Gasteiger partial charge on any atom is -0.488 e. The molecule has 1 aromatic rings. The molecule has 0 aliphatic carbocycles. The molecule has 1 aliphatic heterocycles. The molecule has 1 heterocycles. The van der Waals surface area contributed by atoms with Gasteiger partial charge in [-0.25, -0.2) is 0 Å². The van der Waals surface area contributed by atoms with Gasteiger partial charge in [0.05, 0.1) is 4.47 Å². The van der Waals surface area contributed by atoms with Crippen LogP contribution in [0.2, 0.25) is 0 Å². The maximum atomic E-state index is 5.65. The van der Waals surface area contributed by atoms with Gasteiger partial charge in [-0.15, -0.1) is 0 Å². The Hall–Kier alpha value is -0.800. The van der Waals surface area contributed by atoms with E-state index in [1.165, 1.54) is 12.0 Å². The number of ether oxygens (including phenoxy) is 1. The highest BCUT2D eigenvalue weighted by Crippen LogP contribution is 2.31. The molecule has 1 fully saturated rings. The number of rotatable bonds is 4. The summed E-state index contributed by atoms with van der Waals surface area (Å²) in [6, 6.07) is 6.38. The van der Waals surface area contributed by atoms with Crippen molar-refractivity contribution in [2.45, 2.75) is 19.3 Å². The predicted molar refractivity (Wildman–Crippen MR) is 74.7 cm³/mol. The van der Waals surface area contributed by atoms with Gasteiger partial charge >= 0.3 is 0 Å². The van der Waals surface area contributed by atoms with Crippen LogP contribution in [-0.2, 0) is 0 Å². The zero-order chi connectivity index (χ0) is 12.3. The van der Waals surface area contributed by atoms with Gasteiger partial charge in [-0.05, 0) is 65.0 Å². The fourth-order valence-electron chi connectivity index (χ4n) is 2.03. The van der Waals surface area contributed by atoms with Gasteiger partial charge < -0.3 is 10.1 Å². The van der Waals surface area contributed by atoms with Gasteiger partial charge in [0.15, 0.2) is 0 Å². The Balaban J connectivity index is 2.08. The van der Waals surface area contributed by atoms with Crippen LogP contribution in [0.4, 0.5) is 0 Å². The minimum absolute atomic E-state index is 0.572. The Bertz CT molecular complexity index is 411. The van der Waals surface area contributed by atoms with Crippen LogP contribution in [0.25, 0.3) is 0 Å². The molecule has 1 saturated heterocycles. The summed E-state index contributed by atoms with van der Waals surface area (Å²) in [7, 11) is 0. The van der Waals surface area contributed by atoms with Crippen molar-refractivity contribution in [3.05, 3.63) is 40.4 Å². The highest BCUT2D eigenvalue weighted by atomic mass is 79.9. The highest BCUT2D eigenvalue weighted by molar-refractivity contribution is 9.10. The molecule has 2 nitrogen and oxygen atoms in total. The van der Waals surface area contributed by atoms with Crippen molar-refractivity contribution in [2.24, 2.45) is 0 Å². The van der Waals surface area contributed by atoms with Crippen molar-refractivity contribution in [1.29, 1.82) is 0 Å². The summed E-state index contributed by atoms with van der Waals surface area (Å²) in [5, 5.41) is 3.39. The zero-order valence-corrected chi connectivity index (χ0v) is 11.7. The van der Waals surface area contributed by atoms with Crippen molar-refractivity contribution >= 4 is 15.9 Å². The first kappa shape index (κ1) is 12.7. The first-order chi connectivity index (χ1) is 8.16. The summed E-state index contributed by atoms with van der Waals surface area (Å²) in [5.74, 6) is 1.53. The second-order valence-corrected chi connectivity index (χ2v) is 5.48. The standard InChI is InChI=1S/C14H18BrNO/c1-10(2)9-17-14-4-3-11(7-13(14)15)12-5-6-16-8-12/h3-4,7,12,16H,1,5-6,8-9H2,2H3. The third-order valence-corrected chi connectivity index (χ3v) is 3.58. The van der Waals surface area contributed by atoms with Crippen LogP contribution in [0.1, 0.15) is 24.8 Å². The Kier molecular flexibility index (Phi) is 4.24. The van der Waals surface area contributed by atoms with Gasteiger partial charge in [-0.1, -0.05) is 12.6 Å². The van der Waals surface area contributed by atoms with Crippen LogP contribution in [0.5, 0.6) is 5.75 Å². The summed E-state index contributed by atoms with van der Waals surface area (Å²) in [6.07, 6.45) is 1.22. The van der Waals surface area contributed by atoms with Crippen molar-refractivity contribution < 1.29 is 4.74 Å². The van der Waals surface area contributed by atoms with Crippen LogP contribution in [0.15, 0.2) is 34.8 Å². The fourth-order valence-corrected chi connectivity index (χ4v) is 2.54. The molecular formula is C14H18BrNO. The Morgan fingerprint density at radius 1 is 1.59 bits per heavy atom. The smallest absolute Gasteiger partial charge is 0.133 e. The van der Waals surface area contributed by atoms with Crippen LogP contribution in [0, 0.1) is 0 Å². The van der Waals surface area contributed by atoms with Crippen LogP contribution in [-0.4, -0.2) is 19.7 Å². The topological polar surface area (TPSA) is 21.3 Å². The van der Waals surface area contributed by atoms with Gasteiger partial charge in [-0.2, -0.15) is 0 Å². The van der Waals surface area contributed by atoms with E-state index in [4.69, 9.17) is 4.74 Å². The fraction of sp³-hybridized carbons (Fsp3) is 0.429. The lowest BCUT2D eigenvalue weighted by atomic mass is 9.98. The number of benzene rings is 1. The van der Waals surface area contributed by atoms with E-state index >= 15 is 0 Å². The molecule has 1 unspecified atom stereocenters. The molecular weight excluding hydrogens is 278 g/mol. The van der Waals surface area contributed by atoms with Gasteiger partial charge in [0.25, 0.3) is 0 Å². The molecule has 17 heavy (non-hydrogen) atoms. The van der Waals surface area contributed by atoms with E-state index in [0.717, 1.165) is 28.9 Å². The molecule has 0 radical (unpaired) electrons. The molecule has 0 aromatic heterocycles. The van der Waals surface area contributed by atoms with E-state index in [-0.39, 0.29) is 0 Å². The Morgan fingerprint density at radius 3 is 3.00 bits per heavy atom. The third kappa shape index (κ3) is 3.33. The number of halogens is 1. The number of hydrogen-bond donors (Lipinski definition) is 1. The molecule has 1 N–H and O–H groups in total. The lowest BCUT2D eigenvalue weighted by Gasteiger charge is -2.12. The van der Waals surface area contributed by atoms with Gasteiger partial charge in [0.2, 0.25) is 0 Å². The van der Waals surface area contributed by atoms with E-state index < -0.39 is 0 Å². The highest BCUT2D eigenvalue weighted by Gasteiger charge is 2.17. The molecule has 1 atom stereocenters. The van der Waals surface area contributed by atoms with E-state index in [2.05, 4.69) is 40.0 Å². The molecule has 0 bridgehead atoms. The molecule has 1 aromatic carbocycles. The molecule has 0 spiro atoms. The second-order valence-electron chi connectivity index (χ2n) is 4.63. The first-order valence-electron chi connectivity index (χ1n) is 5.94. The number of hydrogen-bond acceptors (Lipinski definition) is 2. The lowest BCUT2D eigenvalue weighted by molar-refractivity contribution is 0.350. The van der Waals surface area contributed by atoms with Crippen LogP contribution in [0.3, 0.4) is 0 Å². The molecule has 0 saturated carbocycles. The Morgan fingerprint density at radius 2 is 2.41 bits per heavy atom. The maximum Gasteiger partial charge on any atom is 0.133 e. The predicted octanol–water partition coefficient (Wildman–Crippen LogP) is 3.48. The molecule has 1 aliphatic rings. The number of nitrogens with one attached hydrogen (secondary N) is 1. The summed E-state index contributed by atoms with van der Waals surface area (Å²) in [5.41, 5.74) is 2.41. The third-order valence-electron chi connectivity index (χ3n) is 2.96.